The van der Waals surface area contributed by atoms with Crippen LogP contribution in [0, 0.1) is 0 Å². The summed E-state index contributed by atoms with van der Waals surface area (Å²) in [5, 5.41) is 0.706. The summed E-state index contributed by atoms with van der Waals surface area (Å²) in [7, 11) is 3.14. The summed E-state index contributed by atoms with van der Waals surface area (Å²) in [5.41, 5.74) is 1.64. The SMILES string of the molecule is COc1ccc(/C=C/C(=O)/C=C/c2ccc(Oc3cc(=O)oc4ccccc34)cc2)cc1OC. The summed E-state index contributed by atoms with van der Waals surface area (Å²) in [6.07, 6.45) is 6.41. The van der Waals surface area contributed by atoms with E-state index in [0.717, 1.165) is 11.1 Å². The van der Waals surface area contributed by atoms with Crippen LogP contribution in [0.1, 0.15) is 11.1 Å². The van der Waals surface area contributed by atoms with Gasteiger partial charge in [-0.15, -0.1) is 0 Å². The monoisotopic (exact) mass is 454 g/mol. The van der Waals surface area contributed by atoms with Gasteiger partial charge in [-0.1, -0.05) is 42.5 Å². The van der Waals surface area contributed by atoms with Gasteiger partial charge in [0.1, 0.15) is 17.1 Å². The summed E-state index contributed by atoms with van der Waals surface area (Å²) in [6.45, 7) is 0. The van der Waals surface area contributed by atoms with E-state index < -0.39 is 5.63 Å². The second-order valence-corrected chi connectivity index (χ2v) is 7.28. The highest BCUT2D eigenvalue weighted by molar-refractivity contribution is 6.04. The summed E-state index contributed by atoms with van der Waals surface area (Å²) in [4.78, 5) is 24.0. The Bertz CT molecular complexity index is 1430. The van der Waals surface area contributed by atoms with Gasteiger partial charge in [-0.05, 0) is 59.7 Å². The number of para-hydroxylation sites is 1. The van der Waals surface area contributed by atoms with E-state index >= 15 is 0 Å². The first kappa shape index (κ1) is 22.6. The van der Waals surface area contributed by atoms with Gasteiger partial charge in [0.25, 0.3) is 0 Å². The van der Waals surface area contributed by atoms with Crippen LogP contribution in [0.5, 0.6) is 23.0 Å². The minimum atomic E-state index is -0.479. The van der Waals surface area contributed by atoms with Crippen LogP contribution in [0.3, 0.4) is 0 Å². The Morgan fingerprint density at radius 3 is 2.18 bits per heavy atom. The van der Waals surface area contributed by atoms with Gasteiger partial charge in [0, 0.05) is 0 Å². The Balaban J connectivity index is 1.42. The Morgan fingerprint density at radius 1 is 0.765 bits per heavy atom. The van der Waals surface area contributed by atoms with Crippen molar-refractivity contribution in [2.24, 2.45) is 0 Å². The van der Waals surface area contributed by atoms with Crippen molar-refractivity contribution in [3.8, 4) is 23.0 Å². The van der Waals surface area contributed by atoms with Gasteiger partial charge in [-0.25, -0.2) is 4.79 Å². The molecule has 0 amide bonds. The average molecular weight is 454 g/mol. The van der Waals surface area contributed by atoms with E-state index in [1.165, 1.54) is 18.2 Å². The van der Waals surface area contributed by atoms with Crippen molar-refractivity contribution < 1.29 is 23.4 Å². The lowest BCUT2D eigenvalue weighted by Crippen LogP contribution is -1.98. The van der Waals surface area contributed by atoms with Crippen LogP contribution in [0.25, 0.3) is 23.1 Å². The molecule has 6 nitrogen and oxygen atoms in total. The summed E-state index contributed by atoms with van der Waals surface area (Å²) in [6, 6.07) is 21.1. The lowest BCUT2D eigenvalue weighted by Gasteiger charge is -2.08. The van der Waals surface area contributed by atoms with Crippen molar-refractivity contribution >= 4 is 28.9 Å². The van der Waals surface area contributed by atoms with E-state index in [2.05, 4.69) is 0 Å². The van der Waals surface area contributed by atoms with E-state index in [-0.39, 0.29) is 5.78 Å². The van der Waals surface area contributed by atoms with Crippen LogP contribution in [0.4, 0.5) is 0 Å². The van der Waals surface area contributed by atoms with Gasteiger partial charge in [0.15, 0.2) is 17.3 Å². The zero-order valence-electron chi connectivity index (χ0n) is 18.7. The molecule has 0 atom stereocenters. The van der Waals surface area contributed by atoms with Crippen molar-refractivity contribution in [1.82, 2.24) is 0 Å². The van der Waals surface area contributed by atoms with E-state index in [0.29, 0.717) is 34.0 Å². The smallest absolute Gasteiger partial charge is 0.339 e. The van der Waals surface area contributed by atoms with E-state index in [1.54, 1.807) is 62.8 Å². The molecule has 34 heavy (non-hydrogen) atoms. The number of hydrogen-bond acceptors (Lipinski definition) is 6. The third-order valence-corrected chi connectivity index (χ3v) is 5.01. The number of rotatable bonds is 8. The topological polar surface area (TPSA) is 75.0 Å². The third kappa shape index (κ3) is 5.42. The van der Waals surface area contributed by atoms with Crippen molar-refractivity contribution in [2.45, 2.75) is 0 Å². The fraction of sp³-hybridized carbons (Fsp3) is 0.0714. The molecule has 0 bridgehead atoms. The predicted molar refractivity (Wildman–Crippen MR) is 132 cm³/mol. The van der Waals surface area contributed by atoms with Crippen LogP contribution in [0.15, 0.2) is 94.2 Å². The quantitative estimate of drug-likeness (QED) is 0.244. The van der Waals surface area contributed by atoms with E-state index in [1.807, 2.05) is 30.3 Å². The molecule has 0 aliphatic rings. The summed E-state index contributed by atoms with van der Waals surface area (Å²) in [5.74, 6) is 2.05. The third-order valence-electron chi connectivity index (χ3n) is 5.01. The standard InChI is InChI=1S/C28H22O6/c1-31-25-16-11-20(17-27(25)32-2)8-13-21(29)12-7-19-9-14-22(15-10-19)33-26-18-28(30)34-24-6-4-3-5-23(24)26/h3-18H,1-2H3/b12-7+,13-8+. The number of fused-ring (bicyclic) bond motifs is 1. The van der Waals surface area contributed by atoms with E-state index in [9.17, 15) is 9.59 Å². The molecular formula is C28H22O6. The first-order valence-corrected chi connectivity index (χ1v) is 10.5. The van der Waals surface area contributed by atoms with Gasteiger partial charge < -0.3 is 18.6 Å². The second-order valence-electron chi connectivity index (χ2n) is 7.28. The molecule has 4 aromatic rings. The molecule has 1 heterocycles. The number of hydrogen-bond donors (Lipinski definition) is 0. The highest BCUT2D eigenvalue weighted by Gasteiger charge is 2.07. The maximum Gasteiger partial charge on any atom is 0.339 e. The lowest BCUT2D eigenvalue weighted by atomic mass is 10.1. The Hall–Kier alpha value is -4.58. The van der Waals surface area contributed by atoms with Gasteiger partial charge in [0.05, 0.1) is 25.7 Å². The normalized spacial score (nSPS) is 11.2. The highest BCUT2D eigenvalue weighted by Crippen LogP contribution is 2.29. The van der Waals surface area contributed by atoms with Crippen molar-refractivity contribution in [2.75, 3.05) is 14.2 Å². The molecule has 1 aromatic heterocycles. The predicted octanol–water partition coefficient (Wildman–Crippen LogP) is 5.90. The minimum Gasteiger partial charge on any atom is -0.493 e. The number of carbonyl (C=O) groups excluding carboxylic acids is 1. The first-order chi connectivity index (χ1) is 16.6. The molecule has 0 saturated carbocycles. The zero-order valence-corrected chi connectivity index (χ0v) is 18.7. The van der Waals surface area contributed by atoms with Crippen LogP contribution in [-0.4, -0.2) is 20.0 Å². The largest absolute Gasteiger partial charge is 0.493 e. The van der Waals surface area contributed by atoms with Crippen molar-refractivity contribution in [3.05, 3.63) is 106 Å². The molecule has 0 spiro atoms. The molecule has 0 radical (unpaired) electrons. The number of methoxy groups -OCH3 is 2. The number of benzene rings is 3. The molecule has 0 aliphatic carbocycles. The van der Waals surface area contributed by atoms with Crippen LogP contribution in [-0.2, 0) is 4.79 Å². The van der Waals surface area contributed by atoms with Gasteiger partial charge >= 0.3 is 5.63 Å². The maximum absolute atomic E-state index is 12.2. The summed E-state index contributed by atoms with van der Waals surface area (Å²) < 4.78 is 21.6. The second kappa shape index (κ2) is 10.4. The Kier molecular flexibility index (Phi) is 6.89. The first-order valence-electron chi connectivity index (χ1n) is 10.5. The Morgan fingerprint density at radius 2 is 1.44 bits per heavy atom. The van der Waals surface area contributed by atoms with Gasteiger partial charge in [-0.2, -0.15) is 0 Å². The summed E-state index contributed by atoms with van der Waals surface area (Å²) >= 11 is 0. The highest BCUT2D eigenvalue weighted by atomic mass is 16.5. The van der Waals surface area contributed by atoms with Crippen LogP contribution < -0.4 is 19.8 Å². The molecule has 0 fully saturated rings. The molecule has 6 heteroatoms. The van der Waals surface area contributed by atoms with Crippen LogP contribution in [0.2, 0.25) is 0 Å². The molecule has 0 unspecified atom stereocenters. The molecule has 0 N–H and O–H groups in total. The Labute approximate surface area is 196 Å². The van der Waals surface area contributed by atoms with Crippen LogP contribution >= 0.6 is 0 Å². The average Bonchev–Trinajstić information content (AvgIpc) is 2.86. The maximum atomic E-state index is 12.2. The van der Waals surface area contributed by atoms with Gasteiger partial charge in [-0.3, -0.25) is 4.79 Å². The van der Waals surface area contributed by atoms with Crippen molar-refractivity contribution in [3.63, 3.8) is 0 Å². The molecular weight excluding hydrogens is 432 g/mol. The van der Waals surface area contributed by atoms with E-state index in [4.69, 9.17) is 18.6 Å². The fourth-order valence-corrected chi connectivity index (χ4v) is 3.31. The number of carbonyl (C=O) groups is 1. The number of ketones is 1. The minimum absolute atomic E-state index is 0.155. The molecule has 0 aliphatic heterocycles. The molecule has 3 aromatic carbocycles. The molecule has 170 valence electrons. The zero-order chi connectivity index (χ0) is 23.9. The number of ether oxygens (including phenoxy) is 3. The van der Waals surface area contributed by atoms with Crippen molar-refractivity contribution in [1.29, 1.82) is 0 Å². The number of allylic oxidation sites excluding steroid dienone is 2. The molecule has 4 rings (SSSR count). The van der Waals surface area contributed by atoms with Gasteiger partial charge in [0.2, 0.25) is 0 Å². The molecule has 0 saturated heterocycles. The lowest BCUT2D eigenvalue weighted by molar-refractivity contribution is -0.110. The fourth-order valence-electron chi connectivity index (χ4n) is 3.31.